The van der Waals surface area contributed by atoms with Crippen molar-refractivity contribution < 1.29 is 18.7 Å². The van der Waals surface area contributed by atoms with Crippen LogP contribution in [-0.2, 0) is 6.54 Å². The first-order valence-corrected chi connectivity index (χ1v) is 4.96. The van der Waals surface area contributed by atoms with Crippen molar-refractivity contribution in [3.8, 4) is 5.75 Å². The molecule has 0 aliphatic rings. The molecule has 0 bridgehead atoms. The summed E-state index contributed by atoms with van der Waals surface area (Å²) < 4.78 is 17.7. The fourth-order valence-corrected chi connectivity index (χ4v) is 1.37. The highest BCUT2D eigenvalue weighted by Gasteiger charge is 2.11. The van der Waals surface area contributed by atoms with Crippen LogP contribution in [0.1, 0.15) is 16.1 Å². The number of aromatic hydroxyl groups is 1. The van der Waals surface area contributed by atoms with Crippen LogP contribution in [0.25, 0.3) is 0 Å². The van der Waals surface area contributed by atoms with Crippen LogP contribution in [0.2, 0.25) is 0 Å². The van der Waals surface area contributed by atoms with E-state index in [2.05, 4.69) is 5.32 Å². The smallest absolute Gasteiger partial charge is 0.255 e. The van der Waals surface area contributed by atoms with Crippen LogP contribution in [0, 0.1) is 5.82 Å². The van der Waals surface area contributed by atoms with Crippen molar-refractivity contribution in [1.82, 2.24) is 5.32 Å². The lowest BCUT2D eigenvalue weighted by molar-refractivity contribution is 0.0945. The third-order valence-electron chi connectivity index (χ3n) is 2.21. The summed E-state index contributed by atoms with van der Waals surface area (Å²) in [5.74, 6) is -0.870. The van der Waals surface area contributed by atoms with E-state index in [0.717, 1.165) is 12.1 Å². The molecule has 2 aromatic rings. The number of phenols is 1. The van der Waals surface area contributed by atoms with Gasteiger partial charge in [0.1, 0.15) is 17.3 Å². The largest absolute Gasteiger partial charge is 0.507 e. The third-order valence-corrected chi connectivity index (χ3v) is 2.21. The molecule has 2 N–H and O–H groups in total. The zero-order valence-electron chi connectivity index (χ0n) is 8.81. The average Bonchev–Trinajstić information content (AvgIpc) is 2.78. The Morgan fingerprint density at radius 1 is 1.41 bits per heavy atom. The van der Waals surface area contributed by atoms with Crippen LogP contribution in [0.3, 0.4) is 0 Å². The number of nitrogens with one attached hydrogen (secondary N) is 1. The van der Waals surface area contributed by atoms with E-state index in [1.54, 1.807) is 12.1 Å². The first-order valence-electron chi connectivity index (χ1n) is 4.96. The molecule has 88 valence electrons. The van der Waals surface area contributed by atoms with Gasteiger partial charge in [0, 0.05) is 6.07 Å². The molecule has 0 atom stereocenters. The number of hydrogen-bond acceptors (Lipinski definition) is 3. The van der Waals surface area contributed by atoms with Crippen molar-refractivity contribution in [2.24, 2.45) is 0 Å². The molecule has 5 heteroatoms. The Labute approximate surface area is 96.7 Å². The Morgan fingerprint density at radius 3 is 2.88 bits per heavy atom. The lowest BCUT2D eigenvalue weighted by Gasteiger charge is -2.05. The first kappa shape index (κ1) is 11.2. The summed E-state index contributed by atoms with van der Waals surface area (Å²) in [5, 5.41) is 11.9. The van der Waals surface area contributed by atoms with Crippen LogP contribution in [0.4, 0.5) is 4.39 Å². The zero-order valence-corrected chi connectivity index (χ0v) is 8.81. The molecule has 0 spiro atoms. The van der Waals surface area contributed by atoms with E-state index < -0.39 is 11.7 Å². The molecule has 0 aliphatic carbocycles. The van der Waals surface area contributed by atoms with Gasteiger partial charge < -0.3 is 14.8 Å². The van der Waals surface area contributed by atoms with E-state index in [9.17, 15) is 14.3 Å². The first-order chi connectivity index (χ1) is 8.16. The number of rotatable bonds is 3. The standard InChI is InChI=1S/C12H10FNO3/c13-8-3-4-10(11(15)6-8)12(16)14-7-9-2-1-5-17-9/h1-6,15H,7H2,(H,14,16). The number of halogens is 1. The van der Waals surface area contributed by atoms with E-state index in [1.807, 2.05) is 0 Å². The molecule has 2 rings (SSSR count). The Hall–Kier alpha value is -2.30. The van der Waals surface area contributed by atoms with Crippen molar-refractivity contribution in [3.63, 3.8) is 0 Å². The second kappa shape index (κ2) is 4.69. The van der Waals surface area contributed by atoms with Crippen molar-refractivity contribution in [1.29, 1.82) is 0 Å². The second-order valence-corrected chi connectivity index (χ2v) is 3.42. The van der Waals surface area contributed by atoms with E-state index in [0.29, 0.717) is 5.76 Å². The average molecular weight is 235 g/mol. The van der Waals surface area contributed by atoms with E-state index in [1.165, 1.54) is 12.3 Å². The number of carbonyl (C=O) groups is 1. The van der Waals surface area contributed by atoms with Crippen molar-refractivity contribution in [2.45, 2.75) is 6.54 Å². The number of amides is 1. The fraction of sp³-hybridized carbons (Fsp3) is 0.0833. The SMILES string of the molecule is O=C(NCc1ccco1)c1ccc(F)cc1O. The minimum Gasteiger partial charge on any atom is -0.507 e. The minimum absolute atomic E-state index is 0.0259. The Balaban J connectivity index is 2.04. The predicted molar refractivity (Wildman–Crippen MR) is 57.9 cm³/mol. The number of benzene rings is 1. The molecule has 0 fully saturated rings. The normalized spacial score (nSPS) is 10.2. The molecular formula is C12H10FNO3. The summed E-state index contributed by atoms with van der Waals surface area (Å²) >= 11 is 0. The predicted octanol–water partition coefficient (Wildman–Crippen LogP) is 2.05. The molecule has 0 saturated carbocycles. The van der Waals surface area contributed by atoms with Gasteiger partial charge in [0.15, 0.2) is 0 Å². The van der Waals surface area contributed by atoms with Crippen LogP contribution in [0.5, 0.6) is 5.75 Å². The molecule has 0 unspecified atom stereocenters. The summed E-state index contributed by atoms with van der Waals surface area (Å²) in [6.45, 7) is 0.211. The highest BCUT2D eigenvalue weighted by molar-refractivity contribution is 5.96. The van der Waals surface area contributed by atoms with Gasteiger partial charge in [-0.15, -0.1) is 0 Å². The van der Waals surface area contributed by atoms with Crippen LogP contribution in [-0.4, -0.2) is 11.0 Å². The molecule has 1 heterocycles. The monoisotopic (exact) mass is 235 g/mol. The van der Waals surface area contributed by atoms with Gasteiger partial charge in [0.25, 0.3) is 5.91 Å². The lowest BCUT2D eigenvalue weighted by Crippen LogP contribution is -2.22. The topological polar surface area (TPSA) is 62.5 Å². The molecule has 0 radical (unpaired) electrons. The molecule has 1 aromatic carbocycles. The quantitative estimate of drug-likeness (QED) is 0.855. The summed E-state index contributed by atoms with van der Waals surface area (Å²) in [6.07, 6.45) is 1.50. The molecule has 0 aliphatic heterocycles. The van der Waals surface area contributed by atoms with Crippen molar-refractivity contribution in [2.75, 3.05) is 0 Å². The fourth-order valence-electron chi connectivity index (χ4n) is 1.37. The van der Waals surface area contributed by atoms with Crippen molar-refractivity contribution in [3.05, 3.63) is 53.7 Å². The Morgan fingerprint density at radius 2 is 2.24 bits per heavy atom. The van der Waals surface area contributed by atoms with Crippen LogP contribution >= 0.6 is 0 Å². The maximum atomic E-state index is 12.7. The molecule has 1 amide bonds. The Bertz CT molecular complexity index is 523. The number of phenolic OH excluding ortho intramolecular Hbond substituents is 1. The lowest BCUT2D eigenvalue weighted by atomic mass is 10.2. The maximum absolute atomic E-state index is 12.7. The summed E-state index contributed by atoms with van der Waals surface area (Å²) in [5.41, 5.74) is 0.0259. The van der Waals surface area contributed by atoms with E-state index >= 15 is 0 Å². The number of hydrogen-bond donors (Lipinski definition) is 2. The second-order valence-electron chi connectivity index (χ2n) is 3.42. The van der Waals surface area contributed by atoms with Crippen LogP contribution < -0.4 is 5.32 Å². The maximum Gasteiger partial charge on any atom is 0.255 e. The van der Waals surface area contributed by atoms with E-state index in [-0.39, 0.29) is 17.9 Å². The van der Waals surface area contributed by atoms with Crippen LogP contribution in [0.15, 0.2) is 41.0 Å². The van der Waals surface area contributed by atoms with Gasteiger partial charge in [-0.05, 0) is 24.3 Å². The summed E-state index contributed by atoms with van der Waals surface area (Å²) in [4.78, 5) is 11.6. The highest BCUT2D eigenvalue weighted by atomic mass is 19.1. The summed E-state index contributed by atoms with van der Waals surface area (Å²) in [7, 11) is 0. The van der Waals surface area contributed by atoms with Gasteiger partial charge in [-0.25, -0.2) is 4.39 Å². The molecule has 4 nitrogen and oxygen atoms in total. The van der Waals surface area contributed by atoms with Gasteiger partial charge in [0.2, 0.25) is 0 Å². The molecular weight excluding hydrogens is 225 g/mol. The third kappa shape index (κ3) is 2.63. The van der Waals surface area contributed by atoms with Gasteiger partial charge in [-0.3, -0.25) is 4.79 Å². The molecule has 0 saturated heterocycles. The van der Waals surface area contributed by atoms with Gasteiger partial charge in [-0.2, -0.15) is 0 Å². The Kier molecular flexibility index (Phi) is 3.09. The van der Waals surface area contributed by atoms with Gasteiger partial charge in [-0.1, -0.05) is 0 Å². The zero-order chi connectivity index (χ0) is 12.3. The summed E-state index contributed by atoms with van der Waals surface area (Å²) in [6, 6.07) is 6.65. The molecule has 1 aromatic heterocycles. The number of carbonyl (C=O) groups excluding carboxylic acids is 1. The van der Waals surface area contributed by atoms with Crippen molar-refractivity contribution >= 4 is 5.91 Å². The minimum atomic E-state index is -0.593. The van der Waals surface area contributed by atoms with E-state index in [4.69, 9.17) is 4.42 Å². The van der Waals surface area contributed by atoms with Gasteiger partial charge in [0.05, 0.1) is 18.4 Å². The highest BCUT2D eigenvalue weighted by Crippen LogP contribution is 2.17. The molecule has 17 heavy (non-hydrogen) atoms. The number of furan rings is 1. The van der Waals surface area contributed by atoms with Gasteiger partial charge >= 0.3 is 0 Å².